The highest BCUT2D eigenvalue weighted by Gasteiger charge is 2.38. The molecule has 37 heavy (non-hydrogen) atoms. The summed E-state index contributed by atoms with van der Waals surface area (Å²) in [6.45, 7) is 0. The molecule has 1 atom stereocenters. The van der Waals surface area contributed by atoms with Crippen LogP contribution < -0.4 is 21.7 Å². The fourth-order valence-electron chi connectivity index (χ4n) is 4.79. The van der Waals surface area contributed by atoms with Crippen molar-refractivity contribution in [1.29, 1.82) is 0 Å². The fourth-order valence-corrected chi connectivity index (χ4v) is 5.53. The van der Waals surface area contributed by atoms with Crippen molar-refractivity contribution in [2.24, 2.45) is 5.73 Å². The lowest BCUT2D eigenvalue weighted by Crippen LogP contribution is -2.46. The number of benzene rings is 2. The second-order valence-electron chi connectivity index (χ2n) is 8.97. The minimum absolute atomic E-state index is 0.0136. The molecule has 0 spiro atoms. The number of amides is 3. The monoisotopic (exact) mass is 520 g/mol. The van der Waals surface area contributed by atoms with Crippen molar-refractivity contribution in [3.63, 3.8) is 0 Å². The van der Waals surface area contributed by atoms with Gasteiger partial charge in [-0.25, -0.2) is 4.39 Å². The van der Waals surface area contributed by atoms with Crippen molar-refractivity contribution in [2.75, 3.05) is 10.6 Å². The number of rotatable bonds is 7. The van der Waals surface area contributed by atoms with Crippen LogP contribution in [0.4, 0.5) is 15.8 Å². The highest BCUT2D eigenvalue weighted by atomic mass is 32.1. The second kappa shape index (κ2) is 10.0. The third-order valence-corrected chi connectivity index (χ3v) is 7.45. The third-order valence-electron chi connectivity index (χ3n) is 6.60. The molecule has 1 aliphatic carbocycles. The average molecular weight is 521 g/mol. The molecule has 190 valence electrons. The SMILES string of the molecule is NC(=O)c1nsc(C(=O)N(c2ccc(F)cc2)C(C(=O)NC2CCCC2)c2c[nH]c3ccccc23)c1N. The maximum Gasteiger partial charge on any atom is 0.273 e. The number of nitrogens with zero attached hydrogens (tertiary/aromatic N) is 2. The van der Waals surface area contributed by atoms with E-state index < -0.39 is 23.7 Å². The molecule has 3 amide bonds. The van der Waals surface area contributed by atoms with Crippen LogP contribution in [0.3, 0.4) is 0 Å². The Morgan fingerprint density at radius 2 is 1.81 bits per heavy atom. The Labute approximate surface area is 215 Å². The van der Waals surface area contributed by atoms with Crippen LogP contribution in [0.1, 0.15) is 57.4 Å². The van der Waals surface area contributed by atoms with Gasteiger partial charge >= 0.3 is 0 Å². The first-order chi connectivity index (χ1) is 17.8. The van der Waals surface area contributed by atoms with Crippen LogP contribution in [-0.2, 0) is 4.79 Å². The van der Waals surface area contributed by atoms with Crippen molar-refractivity contribution >= 4 is 51.5 Å². The molecule has 1 unspecified atom stereocenters. The fraction of sp³-hybridized carbons (Fsp3) is 0.231. The number of nitrogen functional groups attached to an aromatic ring is 1. The quantitative estimate of drug-likeness (QED) is 0.292. The first-order valence-electron chi connectivity index (χ1n) is 11.9. The van der Waals surface area contributed by atoms with Crippen LogP contribution in [0.25, 0.3) is 10.9 Å². The van der Waals surface area contributed by atoms with Gasteiger partial charge in [0.15, 0.2) is 5.69 Å². The summed E-state index contributed by atoms with van der Waals surface area (Å²) >= 11 is 0.721. The van der Waals surface area contributed by atoms with Gasteiger partial charge in [-0.2, -0.15) is 4.37 Å². The zero-order valence-corrected chi connectivity index (χ0v) is 20.6. The largest absolute Gasteiger partial charge is 0.395 e. The number of primary amides is 1. The first-order valence-corrected chi connectivity index (χ1v) is 12.6. The van der Waals surface area contributed by atoms with Crippen molar-refractivity contribution in [2.45, 2.75) is 37.8 Å². The van der Waals surface area contributed by atoms with Crippen LogP contribution in [-0.4, -0.2) is 33.1 Å². The molecule has 9 nitrogen and oxygen atoms in total. The molecule has 2 aromatic carbocycles. The smallest absolute Gasteiger partial charge is 0.273 e. The first kappa shape index (κ1) is 24.4. The van der Waals surface area contributed by atoms with E-state index in [0.29, 0.717) is 5.56 Å². The molecule has 0 saturated heterocycles. The topological polar surface area (TPSA) is 147 Å². The molecular formula is C26H25FN6O3S. The molecule has 0 bridgehead atoms. The summed E-state index contributed by atoms with van der Waals surface area (Å²) in [5.41, 5.74) is 12.7. The molecule has 2 aromatic heterocycles. The van der Waals surface area contributed by atoms with Crippen molar-refractivity contribution in [3.8, 4) is 0 Å². The number of nitrogens with two attached hydrogens (primary N) is 2. The van der Waals surface area contributed by atoms with Gasteiger partial charge in [0, 0.05) is 34.4 Å². The summed E-state index contributed by atoms with van der Waals surface area (Å²) < 4.78 is 17.8. The van der Waals surface area contributed by atoms with Crippen LogP contribution >= 0.6 is 11.5 Å². The molecule has 0 radical (unpaired) electrons. The molecule has 2 heterocycles. The predicted molar refractivity (Wildman–Crippen MR) is 140 cm³/mol. The molecular weight excluding hydrogens is 495 g/mol. The highest BCUT2D eigenvalue weighted by Crippen LogP contribution is 2.36. The number of hydrogen-bond acceptors (Lipinski definition) is 6. The molecule has 6 N–H and O–H groups in total. The molecule has 1 aliphatic rings. The van der Waals surface area contributed by atoms with Gasteiger partial charge < -0.3 is 21.8 Å². The number of para-hydroxylation sites is 1. The summed E-state index contributed by atoms with van der Waals surface area (Å²) in [5, 5.41) is 3.85. The van der Waals surface area contributed by atoms with Crippen LogP contribution in [0.2, 0.25) is 0 Å². The van der Waals surface area contributed by atoms with E-state index in [0.717, 1.165) is 48.1 Å². The van der Waals surface area contributed by atoms with E-state index in [-0.39, 0.29) is 33.9 Å². The minimum Gasteiger partial charge on any atom is -0.395 e. The lowest BCUT2D eigenvalue weighted by atomic mass is 10.0. The van der Waals surface area contributed by atoms with Gasteiger partial charge in [0.1, 0.15) is 16.7 Å². The van der Waals surface area contributed by atoms with E-state index in [1.807, 2.05) is 24.3 Å². The Balaban J connectivity index is 1.68. The Hall–Kier alpha value is -4.25. The summed E-state index contributed by atoms with van der Waals surface area (Å²) in [5.74, 6) is -2.41. The van der Waals surface area contributed by atoms with Crippen LogP contribution in [0.5, 0.6) is 0 Å². The maximum absolute atomic E-state index is 14.1. The second-order valence-corrected chi connectivity index (χ2v) is 9.75. The molecule has 5 rings (SSSR count). The summed E-state index contributed by atoms with van der Waals surface area (Å²) in [7, 11) is 0. The number of carbonyl (C=O) groups excluding carboxylic acids is 3. The summed E-state index contributed by atoms with van der Waals surface area (Å²) in [4.78, 5) is 44.2. The van der Waals surface area contributed by atoms with Crippen molar-refractivity contribution < 1.29 is 18.8 Å². The van der Waals surface area contributed by atoms with Gasteiger partial charge in [0.25, 0.3) is 11.8 Å². The zero-order valence-electron chi connectivity index (χ0n) is 19.7. The number of aromatic amines is 1. The van der Waals surface area contributed by atoms with Crippen LogP contribution in [0, 0.1) is 5.82 Å². The average Bonchev–Trinajstić information content (AvgIpc) is 3.63. The normalized spacial score (nSPS) is 14.5. The van der Waals surface area contributed by atoms with Gasteiger partial charge in [0.2, 0.25) is 5.91 Å². The number of hydrogen-bond donors (Lipinski definition) is 4. The van der Waals surface area contributed by atoms with E-state index >= 15 is 0 Å². The lowest BCUT2D eigenvalue weighted by Gasteiger charge is -2.32. The van der Waals surface area contributed by atoms with Gasteiger partial charge in [-0.3, -0.25) is 19.3 Å². The highest BCUT2D eigenvalue weighted by molar-refractivity contribution is 7.09. The van der Waals surface area contributed by atoms with Gasteiger partial charge in [-0.15, -0.1) is 0 Å². The zero-order chi connectivity index (χ0) is 26.1. The third kappa shape index (κ3) is 4.65. The van der Waals surface area contributed by atoms with Crippen molar-refractivity contribution in [3.05, 3.63) is 76.7 Å². The number of H-pyrrole nitrogens is 1. The Kier molecular flexibility index (Phi) is 6.62. The Bertz CT molecular complexity index is 1480. The van der Waals surface area contributed by atoms with E-state index in [9.17, 15) is 18.8 Å². The molecule has 1 fully saturated rings. The summed E-state index contributed by atoms with van der Waals surface area (Å²) in [6, 6.07) is 11.6. The number of nitrogens with one attached hydrogen (secondary N) is 2. The Morgan fingerprint density at radius 3 is 2.49 bits per heavy atom. The molecule has 11 heteroatoms. The van der Waals surface area contributed by atoms with Crippen LogP contribution in [0.15, 0.2) is 54.7 Å². The maximum atomic E-state index is 14.1. The van der Waals surface area contributed by atoms with Crippen molar-refractivity contribution in [1.82, 2.24) is 14.7 Å². The molecule has 0 aliphatic heterocycles. The minimum atomic E-state index is -1.13. The van der Waals surface area contributed by atoms with E-state index in [1.54, 1.807) is 6.20 Å². The van der Waals surface area contributed by atoms with Gasteiger partial charge in [-0.1, -0.05) is 31.0 Å². The standard InChI is InChI=1S/C26H25FN6O3S/c27-14-9-11-16(12-10-14)33(26(36)23-20(28)21(24(29)34)32-37-23)22(25(35)31-15-5-1-2-6-15)18-13-30-19-8-4-3-7-17(18)19/h3-4,7-13,15,22,30H,1-2,5-6,28H2,(H2,29,34)(H,31,35). The Morgan fingerprint density at radius 1 is 1.11 bits per heavy atom. The van der Waals surface area contributed by atoms with E-state index in [1.165, 1.54) is 29.2 Å². The molecule has 4 aromatic rings. The predicted octanol–water partition coefficient (Wildman–Crippen LogP) is 3.89. The number of carbonyl (C=O) groups is 3. The van der Waals surface area contributed by atoms with E-state index in [2.05, 4.69) is 14.7 Å². The van der Waals surface area contributed by atoms with Gasteiger partial charge in [-0.05, 0) is 54.7 Å². The van der Waals surface area contributed by atoms with E-state index in [4.69, 9.17) is 11.5 Å². The molecule has 1 saturated carbocycles. The summed E-state index contributed by atoms with van der Waals surface area (Å²) in [6.07, 6.45) is 5.41. The number of aromatic nitrogens is 2. The number of halogens is 1. The van der Waals surface area contributed by atoms with Gasteiger partial charge in [0.05, 0.1) is 5.69 Å². The number of fused-ring (bicyclic) bond motifs is 1. The lowest BCUT2D eigenvalue weighted by molar-refractivity contribution is -0.123. The number of anilines is 2.